The topological polar surface area (TPSA) is 69.2 Å². The van der Waals surface area contributed by atoms with Crippen LogP contribution < -0.4 is 10.4 Å². The Balaban J connectivity index is 2.11. The number of amides is 1. The maximum atomic E-state index is 12.2. The summed E-state index contributed by atoms with van der Waals surface area (Å²) in [6.45, 7) is 0. The summed E-state index contributed by atoms with van der Waals surface area (Å²) in [5.41, 5.74) is 0.468. The second-order valence-electron chi connectivity index (χ2n) is 4.96. The lowest BCUT2D eigenvalue weighted by molar-refractivity contribution is -0.313. The summed E-state index contributed by atoms with van der Waals surface area (Å²) >= 11 is 11.7. The summed E-state index contributed by atoms with van der Waals surface area (Å²) in [6, 6.07) is 4.70. The molecule has 0 spiro atoms. The van der Waals surface area contributed by atoms with Crippen molar-refractivity contribution in [2.75, 3.05) is 5.32 Å². The first kappa shape index (κ1) is 15.1. The van der Waals surface area contributed by atoms with Gasteiger partial charge >= 0.3 is 0 Å². The quantitative estimate of drug-likeness (QED) is 0.931. The fourth-order valence-electron chi connectivity index (χ4n) is 2.59. The summed E-state index contributed by atoms with van der Waals surface area (Å²) in [5, 5.41) is 14.6. The van der Waals surface area contributed by atoms with Crippen LogP contribution in [0, 0.1) is 11.8 Å². The highest BCUT2D eigenvalue weighted by Crippen LogP contribution is 2.31. The molecule has 1 amide bonds. The molecule has 6 heteroatoms. The smallest absolute Gasteiger partial charge is 0.228 e. The van der Waals surface area contributed by atoms with Crippen LogP contribution in [0.5, 0.6) is 0 Å². The van der Waals surface area contributed by atoms with Crippen LogP contribution in [0.25, 0.3) is 0 Å². The van der Waals surface area contributed by atoms with Crippen molar-refractivity contribution < 1.29 is 14.7 Å². The molecule has 0 saturated heterocycles. The van der Waals surface area contributed by atoms with E-state index in [2.05, 4.69) is 5.32 Å². The molecular formula is C14H14Cl2NO3-. The summed E-state index contributed by atoms with van der Waals surface area (Å²) in [4.78, 5) is 23.3. The molecule has 0 aliphatic heterocycles. The molecule has 1 saturated carbocycles. The number of carbonyl (C=O) groups excluding carboxylic acids is 2. The van der Waals surface area contributed by atoms with E-state index < -0.39 is 17.8 Å². The lowest BCUT2D eigenvalue weighted by atomic mass is 9.78. The standard InChI is InChI=1S/C14H15Cl2NO3/c15-8-5-9(16)7-10(6-8)17-13(18)11-3-1-2-4-12(11)14(19)20/h5-7,11-12H,1-4H2,(H,17,18)(H,19,20)/p-1/t11-,12+/m1/s1. The SMILES string of the molecule is O=C([O-])[C@H]1CCCC[C@H]1C(=O)Nc1cc(Cl)cc(Cl)c1. The normalized spacial score (nSPS) is 22.3. The summed E-state index contributed by atoms with van der Waals surface area (Å²) in [5.74, 6) is -2.77. The molecule has 108 valence electrons. The maximum Gasteiger partial charge on any atom is 0.228 e. The van der Waals surface area contributed by atoms with Crippen LogP contribution in [0.15, 0.2) is 18.2 Å². The van der Waals surface area contributed by atoms with Gasteiger partial charge in [-0.25, -0.2) is 0 Å². The summed E-state index contributed by atoms with van der Waals surface area (Å²) < 4.78 is 0. The molecule has 0 unspecified atom stereocenters. The highest BCUT2D eigenvalue weighted by molar-refractivity contribution is 6.35. The van der Waals surface area contributed by atoms with E-state index >= 15 is 0 Å². The van der Waals surface area contributed by atoms with Crippen molar-refractivity contribution in [2.24, 2.45) is 11.8 Å². The number of anilines is 1. The highest BCUT2D eigenvalue weighted by Gasteiger charge is 2.31. The number of carboxylic acids is 1. The van der Waals surface area contributed by atoms with E-state index in [1.54, 1.807) is 18.2 Å². The molecule has 0 heterocycles. The Bertz CT molecular complexity index is 513. The predicted octanol–water partition coefficient (Wildman–Crippen LogP) is 2.49. The third-order valence-electron chi connectivity index (χ3n) is 3.54. The summed E-state index contributed by atoms with van der Waals surface area (Å²) in [6.07, 6.45) is 2.69. The van der Waals surface area contributed by atoms with Gasteiger partial charge in [0, 0.05) is 33.5 Å². The zero-order valence-electron chi connectivity index (χ0n) is 10.7. The molecule has 1 aliphatic carbocycles. The third-order valence-corrected chi connectivity index (χ3v) is 3.97. The molecule has 0 bridgehead atoms. The number of nitrogens with one attached hydrogen (secondary N) is 1. The molecule has 1 N–H and O–H groups in total. The van der Waals surface area contributed by atoms with Gasteiger partial charge in [-0.15, -0.1) is 0 Å². The van der Waals surface area contributed by atoms with Crippen molar-refractivity contribution in [3.63, 3.8) is 0 Å². The first-order chi connectivity index (χ1) is 9.47. The number of hydrogen-bond donors (Lipinski definition) is 1. The van der Waals surface area contributed by atoms with Gasteiger partial charge in [0.2, 0.25) is 5.91 Å². The molecule has 2 atom stereocenters. The first-order valence-electron chi connectivity index (χ1n) is 6.45. The number of carbonyl (C=O) groups is 2. The molecule has 4 nitrogen and oxygen atoms in total. The number of halogens is 2. The average molecular weight is 315 g/mol. The molecule has 2 rings (SSSR count). The minimum absolute atomic E-state index is 0.322. The molecule has 1 aromatic rings. The van der Waals surface area contributed by atoms with E-state index in [4.69, 9.17) is 23.2 Å². The number of rotatable bonds is 3. The van der Waals surface area contributed by atoms with Crippen LogP contribution in [0.3, 0.4) is 0 Å². The van der Waals surface area contributed by atoms with E-state index in [1.165, 1.54) is 0 Å². The van der Waals surface area contributed by atoms with Gasteiger partial charge in [-0.05, 0) is 31.0 Å². The largest absolute Gasteiger partial charge is 0.550 e. The molecule has 0 radical (unpaired) electrons. The number of carboxylic acid groups (broad SMARTS) is 1. The number of benzene rings is 1. The van der Waals surface area contributed by atoms with E-state index in [-0.39, 0.29) is 5.91 Å². The van der Waals surface area contributed by atoms with Gasteiger partial charge in [0.25, 0.3) is 0 Å². The lowest BCUT2D eigenvalue weighted by Crippen LogP contribution is -2.42. The van der Waals surface area contributed by atoms with Gasteiger partial charge in [0.1, 0.15) is 0 Å². The molecule has 1 aliphatic rings. The van der Waals surface area contributed by atoms with E-state index in [1.807, 2.05) is 0 Å². The van der Waals surface area contributed by atoms with Crippen LogP contribution >= 0.6 is 23.2 Å². The van der Waals surface area contributed by atoms with Crippen molar-refractivity contribution in [3.8, 4) is 0 Å². The Labute approximate surface area is 127 Å². The second kappa shape index (κ2) is 6.46. The van der Waals surface area contributed by atoms with Gasteiger partial charge in [-0.3, -0.25) is 4.79 Å². The molecule has 1 fully saturated rings. The third kappa shape index (κ3) is 3.64. The monoisotopic (exact) mass is 314 g/mol. The summed E-state index contributed by atoms with van der Waals surface area (Å²) in [7, 11) is 0. The Kier molecular flexibility index (Phi) is 4.89. The zero-order chi connectivity index (χ0) is 14.7. The zero-order valence-corrected chi connectivity index (χ0v) is 12.2. The second-order valence-corrected chi connectivity index (χ2v) is 5.84. The molecule has 20 heavy (non-hydrogen) atoms. The first-order valence-corrected chi connectivity index (χ1v) is 7.21. The maximum absolute atomic E-state index is 12.2. The number of hydrogen-bond acceptors (Lipinski definition) is 3. The highest BCUT2D eigenvalue weighted by atomic mass is 35.5. The van der Waals surface area contributed by atoms with E-state index in [0.29, 0.717) is 28.6 Å². The van der Waals surface area contributed by atoms with Crippen molar-refractivity contribution in [1.29, 1.82) is 0 Å². The van der Waals surface area contributed by atoms with Gasteiger partial charge in [-0.2, -0.15) is 0 Å². The average Bonchev–Trinajstić information content (AvgIpc) is 2.37. The van der Waals surface area contributed by atoms with Crippen LogP contribution in [0.4, 0.5) is 5.69 Å². The Morgan fingerprint density at radius 2 is 1.60 bits per heavy atom. The van der Waals surface area contributed by atoms with Crippen LogP contribution in [0.1, 0.15) is 25.7 Å². The minimum Gasteiger partial charge on any atom is -0.550 e. The number of aliphatic carboxylic acids is 1. The van der Waals surface area contributed by atoms with Gasteiger partial charge in [0.05, 0.1) is 0 Å². The predicted molar refractivity (Wildman–Crippen MR) is 75.5 cm³/mol. The van der Waals surface area contributed by atoms with E-state index in [9.17, 15) is 14.7 Å². The minimum atomic E-state index is -1.16. The van der Waals surface area contributed by atoms with Crippen LogP contribution in [-0.4, -0.2) is 11.9 Å². The van der Waals surface area contributed by atoms with Crippen molar-refractivity contribution >= 4 is 40.8 Å². The van der Waals surface area contributed by atoms with Crippen molar-refractivity contribution in [1.82, 2.24) is 0 Å². The molecular weight excluding hydrogens is 301 g/mol. The Morgan fingerprint density at radius 3 is 2.15 bits per heavy atom. The van der Waals surface area contributed by atoms with Gasteiger partial charge in [-0.1, -0.05) is 36.0 Å². The van der Waals surface area contributed by atoms with Crippen molar-refractivity contribution in [3.05, 3.63) is 28.2 Å². The Hall–Kier alpha value is -1.26. The van der Waals surface area contributed by atoms with Gasteiger partial charge < -0.3 is 15.2 Å². The Morgan fingerprint density at radius 1 is 1.05 bits per heavy atom. The molecule has 1 aromatic carbocycles. The van der Waals surface area contributed by atoms with Gasteiger partial charge in [0.15, 0.2) is 0 Å². The molecule has 0 aromatic heterocycles. The van der Waals surface area contributed by atoms with Crippen LogP contribution in [-0.2, 0) is 9.59 Å². The fraction of sp³-hybridized carbons (Fsp3) is 0.429. The van der Waals surface area contributed by atoms with Crippen LogP contribution in [0.2, 0.25) is 10.0 Å². The van der Waals surface area contributed by atoms with E-state index in [0.717, 1.165) is 12.8 Å². The lowest BCUT2D eigenvalue weighted by Gasteiger charge is -2.31. The fourth-order valence-corrected chi connectivity index (χ4v) is 3.11. The van der Waals surface area contributed by atoms with Crippen molar-refractivity contribution in [2.45, 2.75) is 25.7 Å².